The number of rotatable bonds is 9. The Bertz CT molecular complexity index is 308. The second-order valence-corrected chi connectivity index (χ2v) is 6.93. The van der Waals surface area contributed by atoms with Gasteiger partial charge in [-0.1, -0.05) is 6.92 Å². The fourth-order valence-electron chi connectivity index (χ4n) is 2.60. The molecule has 0 aromatic heterocycles. The molecule has 4 heteroatoms. The van der Waals surface area contributed by atoms with Crippen molar-refractivity contribution in [3.8, 4) is 6.07 Å². The standard InChI is InChI=1S/C15H26N2OS/c1-2-15(12-16,17-13-6-7-13)8-4-10-19-11-14-5-3-9-18-14/h13-14,17H,2-11H2,1H3. The van der Waals surface area contributed by atoms with Crippen LogP contribution in [0.4, 0.5) is 0 Å². The molecule has 2 rings (SSSR count). The SMILES string of the molecule is CCC(C#N)(CCCSCC1CCCO1)NC1CC1. The van der Waals surface area contributed by atoms with Crippen LogP contribution in [0, 0.1) is 11.3 Å². The summed E-state index contributed by atoms with van der Waals surface area (Å²) in [5, 5.41) is 13.0. The predicted molar refractivity (Wildman–Crippen MR) is 80.3 cm³/mol. The van der Waals surface area contributed by atoms with Crippen LogP contribution in [-0.4, -0.2) is 35.8 Å². The van der Waals surface area contributed by atoms with Gasteiger partial charge < -0.3 is 4.74 Å². The van der Waals surface area contributed by atoms with Crippen molar-refractivity contribution in [3.63, 3.8) is 0 Å². The van der Waals surface area contributed by atoms with E-state index in [0.717, 1.165) is 37.4 Å². The van der Waals surface area contributed by atoms with Crippen LogP contribution >= 0.6 is 11.8 Å². The molecule has 2 aliphatic rings. The zero-order chi connectivity index (χ0) is 13.6. The van der Waals surface area contributed by atoms with Gasteiger partial charge in [-0.05, 0) is 50.7 Å². The monoisotopic (exact) mass is 282 g/mol. The molecule has 3 nitrogen and oxygen atoms in total. The molecular formula is C15H26N2OS. The molecule has 0 bridgehead atoms. The summed E-state index contributed by atoms with van der Waals surface area (Å²) in [4.78, 5) is 0. The van der Waals surface area contributed by atoms with E-state index in [1.807, 2.05) is 11.8 Å². The number of nitrogens with one attached hydrogen (secondary N) is 1. The predicted octanol–water partition coefficient (Wildman–Crippen LogP) is 3.10. The number of thioether (sulfide) groups is 1. The normalized spacial score (nSPS) is 26.0. The first-order valence-corrected chi connectivity index (χ1v) is 8.82. The molecule has 0 spiro atoms. The molecule has 1 saturated carbocycles. The zero-order valence-corrected chi connectivity index (χ0v) is 12.8. The molecule has 1 saturated heterocycles. The van der Waals surface area contributed by atoms with Crippen LogP contribution in [0.1, 0.15) is 51.9 Å². The van der Waals surface area contributed by atoms with Gasteiger partial charge in [-0.2, -0.15) is 17.0 Å². The van der Waals surface area contributed by atoms with Crippen LogP contribution in [-0.2, 0) is 4.74 Å². The number of ether oxygens (including phenoxy) is 1. The highest BCUT2D eigenvalue weighted by molar-refractivity contribution is 7.99. The summed E-state index contributed by atoms with van der Waals surface area (Å²) in [7, 11) is 0. The van der Waals surface area contributed by atoms with Gasteiger partial charge in [0.05, 0.1) is 12.2 Å². The Kier molecular flexibility index (Phi) is 6.00. The Balaban J connectivity index is 1.60. The smallest absolute Gasteiger partial charge is 0.106 e. The molecule has 1 N–H and O–H groups in total. The van der Waals surface area contributed by atoms with E-state index >= 15 is 0 Å². The van der Waals surface area contributed by atoms with E-state index in [4.69, 9.17) is 4.74 Å². The number of nitriles is 1. The Hall–Kier alpha value is -0.240. The van der Waals surface area contributed by atoms with Crippen molar-refractivity contribution in [1.29, 1.82) is 5.26 Å². The maximum absolute atomic E-state index is 9.44. The van der Waals surface area contributed by atoms with E-state index in [1.165, 1.54) is 25.7 Å². The highest BCUT2D eigenvalue weighted by Crippen LogP contribution is 2.27. The number of nitrogens with zero attached hydrogens (tertiary/aromatic N) is 1. The first-order valence-electron chi connectivity index (χ1n) is 7.66. The minimum absolute atomic E-state index is 0.272. The topological polar surface area (TPSA) is 45.0 Å². The molecule has 1 aliphatic heterocycles. The lowest BCUT2D eigenvalue weighted by molar-refractivity contribution is 0.129. The summed E-state index contributed by atoms with van der Waals surface area (Å²) in [6, 6.07) is 3.13. The maximum atomic E-state index is 9.44. The minimum Gasteiger partial charge on any atom is -0.377 e. The Morgan fingerprint density at radius 3 is 2.84 bits per heavy atom. The molecule has 0 amide bonds. The quantitative estimate of drug-likeness (QED) is 0.660. The third-order valence-corrected chi connectivity index (χ3v) is 5.28. The molecule has 0 aromatic carbocycles. The van der Waals surface area contributed by atoms with Crippen LogP contribution in [0.15, 0.2) is 0 Å². The Labute approximate surface area is 121 Å². The second kappa shape index (κ2) is 7.52. The average Bonchev–Trinajstić information content (AvgIpc) is 3.09. The van der Waals surface area contributed by atoms with Gasteiger partial charge >= 0.3 is 0 Å². The van der Waals surface area contributed by atoms with Gasteiger partial charge in [-0.15, -0.1) is 0 Å². The van der Waals surface area contributed by atoms with Crippen molar-refractivity contribution in [2.45, 2.75) is 69.6 Å². The van der Waals surface area contributed by atoms with Crippen molar-refractivity contribution in [1.82, 2.24) is 5.32 Å². The van der Waals surface area contributed by atoms with Crippen LogP contribution in [0.25, 0.3) is 0 Å². The van der Waals surface area contributed by atoms with Gasteiger partial charge in [-0.25, -0.2) is 0 Å². The van der Waals surface area contributed by atoms with Gasteiger partial charge in [0.25, 0.3) is 0 Å². The highest BCUT2D eigenvalue weighted by atomic mass is 32.2. The molecule has 0 radical (unpaired) electrons. The average molecular weight is 282 g/mol. The molecule has 1 aliphatic carbocycles. The lowest BCUT2D eigenvalue weighted by atomic mass is 9.92. The van der Waals surface area contributed by atoms with Crippen molar-refractivity contribution in [3.05, 3.63) is 0 Å². The molecule has 19 heavy (non-hydrogen) atoms. The molecule has 0 aromatic rings. The van der Waals surface area contributed by atoms with Crippen molar-refractivity contribution in [2.75, 3.05) is 18.1 Å². The van der Waals surface area contributed by atoms with Crippen molar-refractivity contribution < 1.29 is 4.74 Å². The summed E-state index contributed by atoms with van der Waals surface area (Å²) in [5.41, 5.74) is -0.272. The summed E-state index contributed by atoms with van der Waals surface area (Å²) in [6.45, 7) is 3.07. The van der Waals surface area contributed by atoms with Crippen LogP contribution < -0.4 is 5.32 Å². The summed E-state index contributed by atoms with van der Waals surface area (Å²) < 4.78 is 5.62. The van der Waals surface area contributed by atoms with Crippen LogP contribution in [0.2, 0.25) is 0 Å². The van der Waals surface area contributed by atoms with E-state index in [2.05, 4.69) is 18.3 Å². The maximum Gasteiger partial charge on any atom is 0.106 e. The molecule has 2 fully saturated rings. The van der Waals surface area contributed by atoms with E-state index in [-0.39, 0.29) is 5.54 Å². The van der Waals surface area contributed by atoms with E-state index in [9.17, 15) is 5.26 Å². The fraction of sp³-hybridized carbons (Fsp3) is 0.933. The van der Waals surface area contributed by atoms with Gasteiger partial charge in [-0.3, -0.25) is 5.32 Å². The lowest BCUT2D eigenvalue weighted by Gasteiger charge is -2.26. The van der Waals surface area contributed by atoms with Gasteiger partial charge in [0.1, 0.15) is 5.54 Å². The fourth-order valence-corrected chi connectivity index (χ4v) is 3.64. The van der Waals surface area contributed by atoms with Crippen LogP contribution in [0.3, 0.4) is 0 Å². The van der Waals surface area contributed by atoms with Gasteiger partial charge in [0, 0.05) is 18.4 Å². The van der Waals surface area contributed by atoms with Crippen molar-refractivity contribution >= 4 is 11.8 Å². The second-order valence-electron chi connectivity index (χ2n) is 5.78. The molecule has 2 unspecified atom stereocenters. The number of hydrogen-bond donors (Lipinski definition) is 1. The van der Waals surface area contributed by atoms with Gasteiger partial charge in [0.15, 0.2) is 0 Å². The lowest BCUT2D eigenvalue weighted by Crippen LogP contribution is -2.44. The third-order valence-electron chi connectivity index (χ3n) is 4.10. The largest absolute Gasteiger partial charge is 0.377 e. The molecule has 108 valence electrons. The van der Waals surface area contributed by atoms with E-state index < -0.39 is 0 Å². The zero-order valence-electron chi connectivity index (χ0n) is 12.0. The first-order chi connectivity index (χ1) is 9.28. The summed E-state index contributed by atoms with van der Waals surface area (Å²) in [6.07, 6.45) is 8.46. The Morgan fingerprint density at radius 2 is 2.26 bits per heavy atom. The van der Waals surface area contributed by atoms with E-state index in [1.54, 1.807) is 0 Å². The summed E-state index contributed by atoms with van der Waals surface area (Å²) >= 11 is 1.98. The third kappa shape index (κ3) is 4.98. The minimum atomic E-state index is -0.272. The summed E-state index contributed by atoms with van der Waals surface area (Å²) in [5.74, 6) is 2.28. The molecule has 2 atom stereocenters. The van der Waals surface area contributed by atoms with Gasteiger partial charge in [0.2, 0.25) is 0 Å². The van der Waals surface area contributed by atoms with E-state index in [0.29, 0.717) is 12.1 Å². The van der Waals surface area contributed by atoms with Crippen molar-refractivity contribution in [2.24, 2.45) is 0 Å². The van der Waals surface area contributed by atoms with Crippen LogP contribution in [0.5, 0.6) is 0 Å². The molecule has 1 heterocycles. The number of hydrogen-bond acceptors (Lipinski definition) is 4. The molecular weight excluding hydrogens is 256 g/mol. The first kappa shape index (κ1) is 15.2. The Morgan fingerprint density at radius 1 is 1.42 bits per heavy atom. The highest BCUT2D eigenvalue weighted by Gasteiger charge is 2.34.